The van der Waals surface area contributed by atoms with Crippen LogP contribution in [0.25, 0.3) is 0 Å². The van der Waals surface area contributed by atoms with E-state index in [0.29, 0.717) is 43.1 Å². The van der Waals surface area contributed by atoms with Gasteiger partial charge >= 0.3 is 0 Å². The van der Waals surface area contributed by atoms with E-state index in [9.17, 15) is 13.2 Å². The SMILES string of the molecule is CC(C)[C@@H]1NCc2cc(C(=O)NCC3CCN(S(C)(=O)=O)CC3)ccc21. The quantitative estimate of drug-likeness (QED) is 0.819. The topological polar surface area (TPSA) is 78.5 Å². The molecule has 0 bridgehead atoms. The maximum Gasteiger partial charge on any atom is 0.251 e. The molecule has 0 unspecified atom stereocenters. The maximum atomic E-state index is 12.5. The fourth-order valence-electron chi connectivity index (χ4n) is 3.91. The number of carbonyl (C=O) groups is 1. The van der Waals surface area contributed by atoms with Crippen molar-refractivity contribution in [2.75, 3.05) is 25.9 Å². The zero-order chi connectivity index (χ0) is 18.9. The third-order valence-corrected chi connectivity index (χ3v) is 6.82. The number of nitrogens with one attached hydrogen (secondary N) is 2. The van der Waals surface area contributed by atoms with Gasteiger partial charge in [0, 0.05) is 37.8 Å². The monoisotopic (exact) mass is 379 g/mol. The predicted molar refractivity (Wildman–Crippen MR) is 102 cm³/mol. The van der Waals surface area contributed by atoms with E-state index in [0.717, 1.165) is 19.4 Å². The Morgan fingerprint density at radius 1 is 1.31 bits per heavy atom. The molecule has 144 valence electrons. The summed E-state index contributed by atoms with van der Waals surface area (Å²) in [6, 6.07) is 6.33. The molecular weight excluding hydrogens is 350 g/mol. The zero-order valence-corrected chi connectivity index (χ0v) is 16.6. The molecule has 2 aliphatic heterocycles. The summed E-state index contributed by atoms with van der Waals surface area (Å²) in [7, 11) is -3.10. The Kier molecular flexibility index (Phi) is 5.69. The third-order valence-electron chi connectivity index (χ3n) is 5.51. The number of sulfonamides is 1. The number of benzene rings is 1. The first-order valence-electron chi connectivity index (χ1n) is 9.35. The first-order valence-corrected chi connectivity index (χ1v) is 11.2. The highest BCUT2D eigenvalue weighted by Gasteiger charge is 2.27. The number of fused-ring (bicyclic) bond motifs is 1. The number of hydrogen-bond acceptors (Lipinski definition) is 4. The predicted octanol–water partition coefficient (Wildman–Crippen LogP) is 1.89. The van der Waals surface area contributed by atoms with E-state index >= 15 is 0 Å². The number of amides is 1. The van der Waals surface area contributed by atoms with Crippen LogP contribution in [0.15, 0.2) is 18.2 Å². The normalized spacial score (nSPS) is 21.8. The van der Waals surface area contributed by atoms with Crippen LogP contribution in [0, 0.1) is 11.8 Å². The van der Waals surface area contributed by atoms with Crippen LogP contribution in [0.1, 0.15) is 54.2 Å². The molecule has 6 nitrogen and oxygen atoms in total. The lowest BCUT2D eigenvalue weighted by molar-refractivity contribution is 0.0941. The molecular formula is C19H29N3O3S. The lowest BCUT2D eigenvalue weighted by atomic mass is 9.94. The minimum absolute atomic E-state index is 0.0497. The number of nitrogens with zero attached hydrogens (tertiary/aromatic N) is 1. The molecule has 0 spiro atoms. The van der Waals surface area contributed by atoms with E-state index in [1.807, 2.05) is 12.1 Å². The molecule has 1 amide bonds. The Bertz CT molecular complexity index is 768. The van der Waals surface area contributed by atoms with E-state index in [2.05, 4.69) is 30.5 Å². The number of carbonyl (C=O) groups excluding carboxylic acids is 1. The summed E-state index contributed by atoms with van der Waals surface area (Å²) in [4.78, 5) is 12.5. The molecule has 0 radical (unpaired) electrons. The minimum atomic E-state index is -3.10. The first kappa shape index (κ1) is 19.3. The Morgan fingerprint density at radius 2 is 2.00 bits per heavy atom. The molecule has 0 aliphatic carbocycles. The fraction of sp³-hybridized carbons (Fsp3) is 0.632. The Hall–Kier alpha value is -1.44. The summed E-state index contributed by atoms with van der Waals surface area (Å²) in [5, 5.41) is 6.52. The van der Waals surface area contributed by atoms with Crippen LogP contribution in [-0.2, 0) is 16.6 Å². The van der Waals surface area contributed by atoms with Gasteiger partial charge < -0.3 is 10.6 Å². The van der Waals surface area contributed by atoms with Gasteiger partial charge in [0.15, 0.2) is 0 Å². The minimum Gasteiger partial charge on any atom is -0.352 e. The molecule has 0 saturated carbocycles. The van der Waals surface area contributed by atoms with E-state index in [1.54, 1.807) is 0 Å². The molecule has 0 aromatic heterocycles. The van der Waals surface area contributed by atoms with Crippen LogP contribution in [0.5, 0.6) is 0 Å². The van der Waals surface area contributed by atoms with Gasteiger partial charge in [-0.25, -0.2) is 12.7 Å². The third kappa shape index (κ3) is 4.27. The van der Waals surface area contributed by atoms with Crippen LogP contribution in [0.2, 0.25) is 0 Å². The van der Waals surface area contributed by atoms with Crippen molar-refractivity contribution in [1.82, 2.24) is 14.9 Å². The van der Waals surface area contributed by atoms with Crippen molar-refractivity contribution in [2.24, 2.45) is 11.8 Å². The standard InChI is InChI=1S/C19H29N3O3S/c1-13(2)18-17-5-4-15(10-16(17)12-20-18)19(23)21-11-14-6-8-22(9-7-14)26(3,24)25/h4-5,10,13-14,18,20H,6-9,11-12H2,1-3H3,(H,21,23)/t18-/m0/s1. The first-order chi connectivity index (χ1) is 12.3. The maximum absolute atomic E-state index is 12.5. The molecule has 2 N–H and O–H groups in total. The van der Waals surface area contributed by atoms with Gasteiger partial charge in [0.05, 0.1) is 6.26 Å². The highest BCUT2D eigenvalue weighted by atomic mass is 32.2. The summed E-state index contributed by atoms with van der Waals surface area (Å²) in [5.41, 5.74) is 3.20. The molecule has 1 atom stereocenters. The Labute approximate surface area is 156 Å². The van der Waals surface area contributed by atoms with Crippen molar-refractivity contribution in [3.63, 3.8) is 0 Å². The smallest absolute Gasteiger partial charge is 0.251 e. The molecule has 2 heterocycles. The Morgan fingerprint density at radius 3 is 2.62 bits per heavy atom. The summed E-state index contributed by atoms with van der Waals surface area (Å²) < 4.78 is 24.6. The zero-order valence-electron chi connectivity index (χ0n) is 15.8. The van der Waals surface area contributed by atoms with Gasteiger partial charge in [0.25, 0.3) is 5.91 Å². The summed E-state index contributed by atoms with van der Waals surface area (Å²) in [6.07, 6.45) is 2.83. The average Bonchev–Trinajstić information content (AvgIpc) is 3.02. The second-order valence-corrected chi connectivity index (χ2v) is 9.81. The van der Waals surface area contributed by atoms with Crippen LogP contribution in [0.3, 0.4) is 0 Å². The van der Waals surface area contributed by atoms with Crippen LogP contribution in [0.4, 0.5) is 0 Å². The van der Waals surface area contributed by atoms with Gasteiger partial charge in [-0.2, -0.15) is 0 Å². The summed E-state index contributed by atoms with van der Waals surface area (Å²) in [5.74, 6) is 0.804. The van der Waals surface area contributed by atoms with Crippen molar-refractivity contribution in [2.45, 2.75) is 39.3 Å². The van der Waals surface area contributed by atoms with E-state index in [4.69, 9.17) is 0 Å². The second-order valence-electron chi connectivity index (χ2n) is 7.83. The van der Waals surface area contributed by atoms with Crippen molar-refractivity contribution in [1.29, 1.82) is 0 Å². The van der Waals surface area contributed by atoms with Crippen LogP contribution >= 0.6 is 0 Å². The van der Waals surface area contributed by atoms with Gasteiger partial charge in [0.2, 0.25) is 10.0 Å². The van der Waals surface area contributed by atoms with E-state index in [-0.39, 0.29) is 5.91 Å². The second kappa shape index (κ2) is 7.66. The molecule has 26 heavy (non-hydrogen) atoms. The molecule has 7 heteroatoms. The highest BCUT2D eigenvalue weighted by molar-refractivity contribution is 7.88. The van der Waals surface area contributed by atoms with Crippen molar-refractivity contribution < 1.29 is 13.2 Å². The molecule has 3 rings (SSSR count). The number of piperidine rings is 1. The van der Waals surface area contributed by atoms with E-state index < -0.39 is 10.0 Å². The summed E-state index contributed by atoms with van der Waals surface area (Å²) in [6.45, 7) is 6.88. The van der Waals surface area contributed by atoms with Crippen molar-refractivity contribution >= 4 is 15.9 Å². The Balaban J connectivity index is 1.54. The summed E-state index contributed by atoms with van der Waals surface area (Å²) >= 11 is 0. The molecule has 1 aromatic carbocycles. The number of hydrogen-bond donors (Lipinski definition) is 2. The number of rotatable bonds is 5. The highest BCUT2D eigenvalue weighted by Crippen LogP contribution is 2.31. The average molecular weight is 380 g/mol. The van der Waals surface area contributed by atoms with Gasteiger partial charge in [-0.05, 0) is 47.9 Å². The largest absolute Gasteiger partial charge is 0.352 e. The van der Waals surface area contributed by atoms with Gasteiger partial charge in [-0.3, -0.25) is 4.79 Å². The lowest BCUT2D eigenvalue weighted by Crippen LogP contribution is -2.41. The van der Waals surface area contributed by atoms with Crippen LogP contribution < -0.4 is 10.6 Å². The van der Waals surface area contributed by atoms with Crippen molar-refractivity contribution in [3.05, 3.63) is 34.9 Å². The molecule has 1 aromatic rings. The fourth-order valence-corrected chi connectivity index (χ4v) is 4.79. The molecule has 2 aliphatic rings. The van der Waals surface area contributed by atoms with Gasteiger partial charge in [0.1, 0.15) is 0 Å². The van der Waals surface area contributed by atoms with Gasteiger partial charge in [-0.1, -0.05) is 19.9 Å². The van der Waals surface area contributed by atoms with Crippen LogP contribution in [-0.4, -0.2) is 44.5 Å². The molecule has 1 fully saturated rings. The van der Waals surface area contributed by atoms with E-state index in [1.165, 1.54) is 21.7 Å². The molecule has 1 saturated heterocycles. The lowest BCUT2D eigenvalue weighted by Gasteiger charge is -2.30. The van der Waals surface area contributed by atoms with Crippen molar-refractivity contribution in [3.8, 4) is 0 Å². The van der Waals surface area contributed by atoms with Gasteiger partial charge in [-0.15, -0.1) is 0 Å².